The highest BCUT2D eigenvalue weighted by atomic mass is 14.0. The molecule has 0 fully saturated rings. The van der Waals surface area contributed by atoms with Crippen LogP contribution in [0.5, 0.6) is 0 Å². The number of allylic oxidation sites excluding steroid dienone is 10. The molecule has 30 heavy (non-hydrogen) atoms. The van der Waals surface area contributed by atoms with Gasteiger partial charge in [-0.2, -0.15) is 0 Å². The van der Waals surface area contributed by atoms with Crippen LogP contribution < -0.4 is 0 Å². The molecule has 0 amide bonds. The van der Waals surface area contributed by atoms with Gasteiger partial charge in [0.2, 0.25) is 0 Å². The van der Waals surface area contributed by atoms with Crippen LogP contribution in [0.3, 0.4) is 0 Å². The van der Waals surface area contributed by atoms with E-state index in [1.54, 1.807) is 11.5 Å². The highest BCUT2D eigenvalue weighted by molar-refractivity contribution is 5.07. The summed E-state index contributed by atoms with van der Waals surface area (Å²) in [6.07, 6.45) is 25.4. The lowest BCUT2D eigenvalue weighted by Gasteiger charge is -2.03. The van der Waals surface area contributed by atoms with Crippen molar-refractivity contribution in [1.29, 1.82) is 0 Å². The molecule has 0 saturated carbocycles. The minimum atomic E-state index is 1.17. The molecule has 0 atom stereocenters. The molecule has 0 aromatic carbocycles. The Bertz CT molecular complexity index is 586. The molecule has 0 heterocycles. The summed E-state index contributed by atoms with van der Waals surface area (Å²) in [6, 6.07) is 0. The summed E-state index contributed by atoms with van der Waals surface area (Å²) >= 11 is 0. The average molecular weight is 412 g/mol. The van der Waals surface area contributed by atoms with Gasteiger partial charge < -0.3 is 0 Å². The summed E-state index contributed by atoms with van der Waals surface area (Å²) in [6.45, 7) is 18.0. The third-order valence-electron chi connectivity index (χ3n) is 5.55. The van der Waals surface area contributed by atoms with E-state index in [4.69, 9.17) is 0 Å². The minimum Gasteiger partial charge on any atom is -0.0856 e. The van der Waals surface area contributed by atoms with Crippen molar-refractivity contribution in [1.82, 2.24) is 0 Å². The normalized spacial score (nSPS) is 13.6. The van der Waals surface area contributed by atoms with E-state index < -0.39 is 0 Å². The number of rotatable bonds is 16. The summed E-state index contributed by atoms with van der Waals surface area (Å²) in [4.78, 5) is 0. The zero-order valence-corrected chi connectivity index (χ0v) is 21.7. The lowest BCUT2D eigenvalue weighted by molar-refractivity contribution is 0.738. The predicted octanol–water partition coefficient (Wildman–Crippen LogP) is 10.6. The van der Waals surface area contributed by atoms with E-state index in [1.165, 1.54) is 92.9 Å². The zero-order valence-electron chi connectivity index (χ0n) is 21.7. The Balaban J connectivity index is 4.01. The van der Waals surface area contributed by atoms with Gasteiger partial charge in [-0.25, -0.2) is 0 Å². The first-order valence-corrected chi connectivity index (χ1v) is 12.3. The fraction of sp³-hybridized carbons (Fsp3) is 0.633. The van der Waals surface area contributed by atoms with E-state index in [-0.39, 0.29) is 0 Å². The summed E-state index contributed by atoms with van der Waals surface area (Å²) in [5.41, 5.74) is 7.59. The Hall–Kier alpha value is -1.43. The van der Waals surface area contributed by atoms with Gasteiger partial charge in [0.15, 0.2) is 0 Å². The second-order valence-corrected chi connectivity index (χ2v) is 9.74. The molecule has 0 bridgehead atoms. The molecule has 0 saturated heterocycles. The Morgan fingerprint density at radius 3 is 1.27 bits per heavy atom. The number of unbranched alkanes of at least 4 members (excludes halogenated alkanes) is 1. The van der Waals surface area contributed by atoms with Gasteiger partial charge in [-0.1, -0.05) is 58.2 Å². The van der Waals surface area contributed by atoms with Crippen LogP contribution in [0.4, 0.5) is 0 Å². The Labute approximate surface area is 190 Å². The zero-order chi connectivity index (χ0) is 22.8. The molecule has 0 aromatic rings. The minimum absolute atomic E-state index is 1.17. The molecule has 170 valence electrons. The third kappa shape index (κ3) is 19.9. The van der Waals surface area contributed by atoms with Gasteiger partial charge in [-0.05, 0) is 106 Å². The first-order valence-electron chi connectivity index (χ1n) is 12.3. The Morgan fingerprint density at radius 2 is 0.867 bits per heavy atom. The van der Waals surface area contributed by atoms with Crippen LogP contribution >= 0.6 is 0 Å². The molecule has 0 aliphatic carbocycles. The van der Waals surface area contributed by atoms with Crippen LogP contribution in [-0.2, 0) is 0 Å². The van der Waals surface area contributed by atoms with Crippen molar-refractivity contribution in [3.63, 3.8) is 0 Å². The van der Waals surface area contributed by atoms with Crippen molar-refractivity contribution in [3.05, 3.63) is 64.2 Å². The Kier molecular flexibility index (Phi) is 17.5. The van der Waals surface area contributed by atoms with Gasteiger partial charge in [0.05, 0.1) is 26.2 Å². The maximum absolute atomic E-state index is 2.45. The van der Waals surface area contributed by atoms with Crippen LogP contribution in [0, 0.1) is 5.92 Å². The molecule has 0 aromatic heterocycles. The van der Waals surface area contributed by atoms with Crippen molar-refractivity contribution < 1.29 is 0 Å². The van der Waals surface area contributed by atoms with E-state index in [0.717, 1.165) is 0 Å². The monoisotopic (exact) mass is 411 g/mol. The smallest absolute Gasteiger partial charge is 0.0856 e. The second-order valence-electron chi connectivity index (χ2n) is 9.74. The highest BCUT2D eigenvalue weighted by Crippen LogP contribution is 2.16. The molecule has 0 aliphatic heterocycles. The second kappa shape index (κ2) is 18.3. The molecule has 0 nitrogen and oxygen atoms in total. The molecular formula is C30H51+. The van der Waals surface area contributed by atoms with Crippen molar-refractivity contribution in [2.75, 3.05) is 0 Å². The van der Waals surface area contributed by atoms with Gasteiger partial charge in [0.1, 0.15) is 0 Å². The largest absolute Gasteiger partial charge is 0.0897 e. The molecule has 0 rings (SSSR count). The number of hydrogen-bond donors (Lipinski definition) is 0. The molecule has 0 N–H and O–H groups in total. The lowest BCUT2D eigenvalue weighted by atomic mass is 10.0. The molecule has 0 aliphatic rings. The summed E-state index contributed by atoms with van der Waals surface area (Å²) in [5, 5.41) is 0. The van der Waals surface area contributed by atoms with Crippen molar-refractivity contribution in [3.8, 4) is 0 Å². The molecule has 0 spiro atoms. The van der Waals surface area contributed by atoms with Gasteiger partial charge in [-0.15, -0.1) is 0 Å². The highest BCUT2D eigenvalue weighted by Gasteiger charge is 2.03. The van der Waals surface area contributed by atoms with Crippen LogP contribution in [-0.4, -0.2) is 0 Å². The molecule has 0 radical (unpaired) electrons. The van der Waals surface area contributed by atoms with Crippen molar-refractivity contribution in [2.24, 2.45) is 0 Å². The summed E-state index contributed by atoms with van der Waals surface area (Å²) < 4.78 is 0. The van der Waals surface area contributed by atoms with E-state index in [1.807, 2.05) is 0 Å². The number of hydrogen-bond acceptors (Lipinski definition) is 0. The quantitative estimate of drug-likeness (QED) is 0.134. The van der Waals surface area contributed by atoms with Crippen molar-refractivity contribution >= 4 is 0 Å². The van der Waals surface area contributed by atoms with Crippen LogP contribution in [0.25, 0.3) is 0 Å². The molecular weight excluding hydrogens is 360 g/mol. The van der Waals surface area contributed by atoms with Gasteiger partial charge in [0.25, 0.3) is 0 Å². The van der Waals surface area contributed by atoms with E-state index in [0.29, 0.717) is 0 Å². The average Bonchev–Trinajstić information content (AvgIpc) is 2.64. The standard InChI is InChI=1S/C30H51/c1-25(2)15-11-19-29(7)23-13-21-27(5)17-9-10-18-28(6)22-14-24-30(8)20-12-16-26(3)4/h15,17-18,23-24H,9-14,16,19-22H2,1-8H3/q+1. The SMILES string of the molecule is CC(C)=CCCC(C)=CCCC(C)=CCCC=C(C)CCC=C(C)CCC[C+](C)C. The van der Waals surface area contributed by atoms with Crippen LogP contribution in [0.2, 0.25) is 0 Å². The topological polar surface area (TPSA) is 0 Å². The van der Waals surface area contributed by atoms with Crippen LogP contribution in [0.1, 0.15) is 126 Å². The fourth-order valence-corrected chi connectivity index (χ4v) is 3.47. The lowest BCUT2D eigenvalue weighted by Crippen LogP contribution is -1.86. The van der Waals surface area contributed by atoms with Gasteiger partial charge in [0, 0.05) is 0 Å². The first kappa shape index (κ1) is 28.6. The predicted molar refractivity (Wildman–Crippen MR) is 140 cm³/mol. The molecule has 0 unspecified atom stereocenters. The first-order chi connectivity index (χ1) is 14.2. The third-order valence-corrected chi connectivity index (χ3v) is 5.55. The fourth-order valence-electron chi connectivity index (χ4n) is 3.47. The van der Waals surface area contributed by atoms with E-state index in [9.17, 15) is 0 Å². The van der Waals surface area contributed by atoms with E-state index in [2.05, 4.69) is 85.8 Å². The van der Waals surface area contributed by atoms with Crippen molar-refractivity contribution in [2.45, 2.75) is 126 Å². The van der Waals surface area contributed by atoms with Crippen LogP contribution in [0.15, 0.2) is 58.2 Å². The Morgan fingerprint density at radius 1 is 0.500 bits per heavy atom. The van der Waals surface area contributed by atoms with E-state index >= 15 is 0 Å². The summed E-state index contributed by atoms with van der Waals surface area (Å²) in [5.74, 6) is 1.55. The maximum Gasteiger partial charge on any atom is 0.0897 e. The van der Waals surface area contributed by atoms with Gasteiger partial charge in [-0.3, -0.25) is 0 Å². The summed E-state index contributed by atoms with van der Waals surface area (Å²) in [7, 11) is 0. The molecule has 0 heteroatoms. The van der Waals surface area contributed by atoms with Gasteiger partial charge >= 0.3 is 0 Å². The maximum atomic E-state index is 2.45.